The second kappa shape index (κ2) is 45.4. The fourth-order valence-corrected chi connectivity index (χ4v) is 16.3. The van der Waals surface area contributed by atoms with E-state index in [4.69, 9.17) is 46.9 Å². The summed E-state index contributed by atoms with van der Waals surface area (Å²) < 4.78 is 51.8. The Morgan fingerprint density at radius 2 is 0.630 bits per heavy atom. The molecule has 9 aromatic carbocycles. The second-order valence-corrected chi connectivity index (χ2v) is 34.1. The van der Waals surface area contributed by atoms with Gasteiger partial charge in [0.15, 0.2) is 0 Å². The number of rotatable bonds is 20. The molecule has 0 saturated heterocycles. The number of fused-ring (bicyclic) bond motifs is 5. The molecule has 0 radical (unpaired) electrons. The number of benzene rings is 9. The van der Waals surface area contributed by atoms with E-state index in [1.807, 2.05) is 307 Å². The summed E-state index contributed by atoms with van der Waals surface area (Å²) in [6.45, 7) is 19.4. The average Bonchev–Trinajstić information content (AvgIpc) is 1.72. The fourth-order valence-electron chi connectivity index (χ4n) is 15.9. The van der Waals surface area contributed by atoms with Crippen LogP contribution in [0.25, 0.3) is 0 Å². The Kier molecular flexibility index (Phi) is 31.9. The molecule has 5 amide bonds. The molecular weight excluding hydrogens is 1750 g/mol. The number of hydrogen-bond acceptors (Lipinski definition) is 16. The van der Waals surface area contributed by atoms with Crippen molar-refractivity contribution in [2.75, 3.05) is 32.7 Å². The van der Waals surface area contributed by atoms with Crippen molar-refractivity contribution in [1.82, 2.24) is 78.4 Å². The Balaban J connectivity index is 0.000000128. The highest BCUT2D eigenvalue weighted by molar-refractivity contribution is 6.33. The number of nitrogens with zero attached hydrogens (tertiary/aromatic N) is 16. The number of hydrogen-bond donors (Lipinski definition) is 0. The Morgan fingerprint density at radius 3 is 1.02 bits per heavy atom. The van der Waals surface area contributed by atoms with E-state index in [-0.39, 0.29) is 49.4 Å². The third-order valence-corrected chi connectivity index (χ3v) is 24.0. The molecule has 26 nitrogen and oxygen atoms in total. The van der Waals surface area contributed by atoms with E-state index in [0.29, 0.717) is 161 Å². The van der Waals surface area contributed by atoms with Crippen LogP contribution in [0.3, 0.4) is 0 Å². The van der Waals surface area contributed by atoms with Crippen molar-refractivity contribution in [2.45, 2.75) is 146 Å². The molecule has 0 fully saturated rings. The van der Waals surface area contributed by atoms with Gasteiger partial charge >= 0.3 is 0 Å². The molecule has 0 atom stereocenters. The van der Waals surface area contributed by atoms with Crippen molar-refractivity contribution < 1.29 is 52.0 Å². The molecule has 0 aliphatic carbocycles. The van der Waals surface area contributed by atoms with Crippen molar-refractivity contribution in [2.24, 2.45) is 0 Å². The first-order valence-corrected chi connectivity index (χ1v) is 45.4. The maximum atomic E-state index is 13.3. The van der Waals surface area contributed by atoms with Gasteiger partial charge in [-0.25, -0.2) is 4.39 Å². The summed E-state index contributed by atoms with van der Waals surface area (Å²) in [6.07, 6.45) is 5.19. The number of pyridine rings is 1. The molecule has 135 heavy (non-hydrogen) atoms. The molecule has 5 aliphatic rings. The van der Waals surface area contributed by atoms with Crippen molar-refractivity contribution in [3.8, 4) is 29.4 Å². The van der Waals surface area contributed by atoms with Crippen LogP contribution in [-0.2, 0) is 98.5 Å². The van der Waals surface area contributed by atoms with Crippen LogP contribution < -0.4 is 23.7 Å². The molecule has 0 unspecified atom stereocenters. The number of aryl methyl sites for hydroxylation is 6. The molecule has 0 N–H and O–H groups in total. The van der Waals surface area contributed by atoms with Crippen molar-refractivity contribution in [3.05, 3.63) is 408 Å². The van der Waals surface area contributed by atoms with Gasteiger partial charge in [-0.15, -0.1) is 25.5 Å². The van der Waals surface area contributed by atoms with E-state index in [1.165, 1.54) is 12.1 Å². The first-order valence-electron chi connectivity index (χ1n) is 44.7. The zero-order valence-electron chi connectivity index (χ0n) is 75.1. The Hall–Kier alpha value is -15.0. The van der Waals surface area contributed by atoms with E-state index in [9.17, 15) is 28.4 Å². The van der Waals surface area contributed by atoms with Gasteiger partial charge in [-0.05, 0) is 159 Å². The first-order chi connectivity index (χ1) is 65.3. The number of halogens is 3. The predicted octanol–water partition coefficient (Wildman–Crippen LogP) is 19.1. The lowest BCUT2D eigenvalue weighted by atomic mass is 10.1. The third-order valence-electron chi connectivity index (χ3n) is 23.2. The minimum Gasteiger partial charge on any atom is -0.472 e. The summed E-state index contributed by atoms with van der Waals surface area (Å²) >= 11 is 12.3. The van der Waals surface area contributed by atoms with Crippen LogP contribution >= 0.6 is 23.2 Å². The van der Waals surface area contributed by atoms with Crippen LogP contribution in [0.4, 0.5) is 4.39 Å². The molecule has 11 heterocycles. The van der Waals surface area contributed by atoms with Gasteiger partial charge in [-0.3, -0.25) is 52.4 Å². The van der Waals surface area contributed by atoms with Gasteiger partial charge < -0.3 is 48.2 Å². The van der Waals surface area contributed by atoms with Crippen LogP contribution in [0.2, 0.25) is 10.0 Å². The maximum absolute atomic E-state index is 13.3. The van der Waals surface area contributed by atoms with Crippen LogP contribution in [0.15, 0.2) is 285 Å². The highest BCUT2D eigenvalue weighted by Crippen LogP contribution is 2.30. The summed E-state index contributed by atoms with van der Waals surface area (Å²) in [5, 5.41) is 23.6. The Morgan fingerprint density at radius 1 is 0.296 bits per heavy atom. The highest BCUT2D eigenvalue weighted by atomic mass is 35.5. The summed E-state index contributed by atoms with van der Waals surface area (Å²) in [5.41, 5.74) is 17.6. The largest absolute Gasteiger partial charge is 0.472 e. The zero-order valence-corrected chi connectivity index (χ0v) is 76.6. The summed E-state index contributed by atoms with van der Waals surface area (Å²) in [5.74, 6) is 2.63. The second-order valence-electron chi connectivity index (χ2n) is 33.3. The van der Waals surface area contributed by atoms with Crippen LogP contribution in [0.1, 0.15) is 151 Å². The molecule has 15 aromatic rings. The molecule has 20 rings (SSSR count). The lowest BCUT2D eigenvalue weighted by molar-refractivity contribution is 0.0699. The van der Waals surface area contributed by atoms with Gasteiger partial charge in [0.1, 0.15) is 38.9 Å². The number of aromatic nitrogens is 11. The van der Waals surface area contributed by atoms with E-state index in [1.54, 1.807) is 41.6 Å². The monoisotopic (exact) mass is 1850 g/mol. The van der Waals surface area contributed by atoms with Crippen LogP contribution in [0.5, 0.6) is 29.4 Å². The maximum Gasteiger partial charge on any atom is 0.255 e. The lowest BCUT2D eigenvalue weighted by Crippen LogP contribution is -2.38. The third kappa shape index (κ3) is 25.5. The SMILES string of the molecule is C.Cc1ccc(C(=O)N2CCCn3nc(OCc4cccc(F)c4)cc3C2)cc1.Cc1ccc(C(=O)N2CCCn3nc(OCc4ccncc4)cc3C2)cc1.Cc1ccc(C(=O)N2CCn3nc(OCc4ccccc4)cc3C2)cc1Cl.Cc1cccc(C(=O)N2CCn3nc(OCc4ccccc4)cc3C2)c1.O=C(c1ccccc1Cl)N1CCn2nc(OCc3ccccc3)cc2C1. The predicted molar refractivity (Wildman–Crippen MR) is 514 cm³/mol. The molecule has 29 heteroatoms. The highest BCUT2D eigenvalue weighted by Gasteiger charge is 2.30. The molecule has 692 valence electrons. The number of amides is 5. The molecule has 0 spiro atoms. The van der Waals surface area contributed by atoms with Crippen molar-refractivity contribution in [3.63, 3.8) is 0 Å². The lowest BCUT2D eigenvalue weighted by Gasteiger charge is -2.27. The topological polar surface area (TPSA) is 250 Å². The van der Waals surface area contributed by atoms with Crippen molar-refractivity contribution >= 4 is 52.7 Å². The smallest absolute Gasteiger partial charge is 0.255 e. The average molecular weight is 1860 g/mol. The molecular formula is C106H107Cl2FN16O10. The minimum atomic E-state index is -0.285. The Bertz CT molecular complexity index is 6530. The van der Waals surface area contributed by atoms with Crippen LogP contribution in [0, 0.1) is 33.5 Å². The van der Waals surface area contributed by atoms with Crippen molar-refractivity contribution in [1.29, 1.82) is 0 Å². The number of carbonyl (C=O) groups is 5. The first kappa shape index (κ1) is 94.7. The molecule has 0 saturated carbocycles. The fraction of sp³-hybridized carbons (Fsp3) is 0.255. The van der Waals surface area contributed by atoms with Gasteiger partial charge in [0.05, 0.1) is 91.4 Å². The summed E-state index contributed by atoms with van der Waals surface area (Å²) in [7, 11) is 0. The van der Waals surface area contributed by atoms with Crippen LogP contribution in [-0.4, -0.2) is 141 Å². The minimum absolute atomic E-state index is 0. The molecule has 5 aliphatic heterocycles. The summed E-state index contributed by atoms with van der Waals surface area (Å²) in [6, 6.07) is 85.3. The Labute approximate surface area is 794 Å². The van der Waals surface area contributed by atoms with Gasteiger partial charge in [-0.1, -0.05) is 205 Å². The van der Waals surface area contributed by atoms with E-state index in [0.717, 1.165) is 122 Å². The van der Waals surface area contributed by atoms with Gasteiger partial charge in [0.2, 0.25) is 29.4 Å². The number of ether oxygens (including phenoxy) is 5. The van der Waals surface area contributed by atoms with Gasteiger partial charge in [0.25, 0.3) is 29.5 Å². The van der Waals surface area contributed by atoms with E-state index in [2.05, 4.69) is 30.5 Å². The normalized spacial score (nSPS) is 13.4. The standard InChI is InChI=1S/C22H22FN3O2.C21H20ClN3O2.C21H22N4O2.C21H21N3O2.C20H18ClN3O2.CH4/c1-16-6-8-18(9-7-16)22(27)25-10-3-11-26-20(14-25)13-21(24-26)28-15-17-4-2-5-19(23)12-17;1-15-7-8-17(11-19(15)22)21(26)24-9-10-25-18(13-24)12-20(23-25)27-14-16-5-3-2-4-6-16;1-16-3-5-18(6-4-16)21(26)24-11-2-12-25-19(14-24)13-20(23-25)27-15-17-7-9-22-10-8-17;1-16-6-5-9-18(12-16)21(25)23-10-11-24-19(14-23)13-20(22-24)26-15-17-7-3-2-4-8-17;21-18-9-5-4-8-17(18)20(25)23-10-11-24-16(13-23)12-19(22-24)26-14-15-6-2-1-3-7-15;/h2,4-9,12-13H,3,10-11,14-15H2,1H3;2-8,11-12H,9-10,13-14H2,1H3;3-10,13H,2,11-12,14-15H2,1H3;2-9,12-13H,10-11,14-15H2,1H3;1-9,12H,10-11,13-14H2;1H4. The molecule has 0 bridgehead atoms. The zero-order chi connectivity index (χ0) is 92.8. The summed E-state index contributed by atoms with van der Waals surface area (Å²) in [4.78, 5) is 77.2. The van der Waals surface area contributed by atoms with Gasteiger partial charge in [-0.2, -0.15) is 0 Å². The van der Waals surface area contributed by atoms with Gasteiger partial charge in [0, 0.05) is 116 Å². The van der Waals surface area contributed by atoms with E-state index >= 15 is 0 Å². The molecule has 6 aromatic heterocycles. The quantitative estimate of drug-likeness (QED) is 0.0688. The number of carbonyl (C=O) groups excluding carboxylic acids is 5. The van der Waals surface area contributed by atoms with E-state index < -0.39 is 0 Å².